The minimum absolute atomic E-state index is 0.686. The van der Waals surface area contributed by atoms with E-state index in [0.29, 0.717) is 6.04 Å². The number of nitrogens with zero attached hydrogens (tertiary/aromatic N) is 1. The van der Waals surface area contributed by atoms with Gasteiger partial charge in [0.1, 0.15) is 0 Å². The number of piperidine rings is 1. The third-order valence-electron chi connectivity index (χ3n) is 4.84. The average Bonchev–Trinajstić information content (AvgIpc) is 2.52. The van der Waals surface area contributed by atoms with Crippen LogP contribution in [0.4, 0.5) is 0 Å². The predicted octanol–water partition coefficient (Wildman–Crippen LogP) is 3.72. The van der Waals surface area contributed by atoms with Crippen molar-refractivity contribution in [3.05, 3.63) is 35.9 Å². The summed E-state index contributed by atoms with van der Waals surface area (Å²) >= 11 is 0. The fraction of sp³-hybridized carbons (Fsp3) is 0.684. The van der Waals surface area contributed by atoms with Gasteiger partial charge in [-0.15, -0.1) is 0 Å². The Morgan fingerprint density at radius 3 is 2.38 bits per heavy atom. The number of hydrogen-bond acceptors (Lipinski definition) is 2. The maximum Gasteiger partial charge on any atom is 0.00941 e. The SMILES string of the molecule is CCC(NC1CCN(CCc2ccccc2)CC1)C(C)C. The molecule has 1 aliphatic rings. The van der Waals surface area contributed by atoms with Crippen LogP contribution in [-0.2, 0) is 6.42 Å². The fourth-order valence-corrected chi connectivity index (χ4v) is 3.34. The molecule has 0 amide bonds. The largest absolute Gasteiger partial charge is 0.311 e. The number of hydrogen-bond donors (Lipinski definition) is 1. The van der Waals surface area contributed by atoms with Crippen LogP contribution in [0.25, 0.3) is 0 Å². The lowest BCUT2D eigenvalue weighted by atomic mass is 9.97. The first kappa shape index (κ1) is 16.5. The molecule has 118 valence electrons. The summed E-state index contributed by atoms with van der Waals surface area (Å²) in [6.45, 7) is 10.7. The molecule has 0 bridgehead atoms. The molecule has 1 aromatic rings. The van der Waals surface area contributed by atoms with Crippen molar-refractivity contribution in [3.63, 3.8) is 0 Å². The number of likely N-dealkylation sites (tertiary alicyclic amines) is 1. The van der Waals surface area contributed by atoms with Crippen molar-refractivity contribution in [1.82, 2.24) is 10.2 Å². The highest BCUT2D eigenvalue weighted by atomic mass is 15.1. The first-order valence-corrected chi connectivity index (χ1v) is 8.71. The van der Waals surface area contributed by atoms with Gasteiger partial charge in [-0.25, -0.2) is 0 Å². The molecule has 1 fully saturated rings. The van der Waals surface area contributed by atoms with Gasteiger partial charge in [0.2, 0.25) is 0 Å². The van der Waals surface area contributed by atoms with E-state index >= 15 is 0 Å². The van der Waals surface area contributed by atoms with Crippen molar-refractivity contribution >= 4 is 0 Å². The summed E-state index contributed by atoms with van der Waals surface area (Å²) in [4.78, 5) is 2.63. The van der Waals surface area contributed by atoms with E-state index in [4.69, 9.17) is 0 Å². The fourth-order valence-electron chi connectivity index (χ4n) is 3.34. The molecule has 1 atom stereocenters. The Labute approximate surface area is 130 Å². The molecule has 2 heteroatoms. The normalized spacial score (nSPS) is 19.0. The molecule has 0 saturated carbocycles. The van der Waals surface area contributed by atoms with Gasteiger partial charge in [-0.3, -0.25) is 0 Å². The van der Waals surface area contributed by atoms with E-state index in [1.54, 1.807) is 0 Å². The van der Waals surface area contributed by atoms with Crippen LogP contribution in [0, 0.1) is 5.92 Å². The van der Waals surface area contributed by atoms with E-state index in [1.165, 1.54) is 50.9 Å². The van der Waals surface area contributed by atoms with Crippen molar-refractivity contribution < 1.29 is 0 Å². The first-order chi connectivity index (χ1) is 10.2. The van der Waals surface area contributed by atoms with Gasteiger partial charge < -0.3 is 10.2 Å². The smallest absolute Gasteiger partial charge is 0.00941 e. The second kappa shape index (κ2) is 8.55. The molecule has 2 nitrogen and oxygen atoms in total. The van der Waals surface area contributed by atoms with E-state index in [-0.39, 0.29) is 0 Å². The molecule has 0 spiro atoms. The molecule has 1 aliphatic heterocycles. The van der Waals surface area contributed by atoms with E-state index in [1.807, 2.05) is 0 Å². The van der Waals surface area contributed by atoms with E-state index < -0.39 is 0 Å². The van der Waals surface area contributed by atoms with Crippen LogP contribution >= 0.6 is 0 Å². The Kier molecular flexibility index (Phi) is 6.72. The molecule has 0 aromatic heterocycles. The molecule has 2 rings (SSSR count). The van der Waals surface area contributed by atoms with Crippen LogP contribution in [-0.4, -0.2) is 36.6 Å². The molecule has 1 unspecified atom stereocenters. The predicted molar refractivity (Wildman–Crippen MR) is 91.7 cm³/mol. The first-order valence-electron chi connectivity index (χ1n) is 8.71. The molecule has 0 aliphatic carbocycles. The van der Waals surface area contributed by atoms with Crippen LogP contribution in [0.15, 0.2) is 30.3 Å². The summed E-state index contributed by atoms with van der Waals surface area (Å²) in [6, 6.07) is 12.3. The lowest BCUT2D eigenvalue weighted by molar-refractivity contribution is 0.184. The Morgan fingerprint density at radius 1 is 1.14 bits per heavy atom. The van der Waals surface area contributed by atoms with Gasteiger partial charge in [0.05, 0.1) is 0 Å². The highest BCUT2D eigenvalue weighted by Gasteiger charge is 2.22. The van der Waals surface area contributed by atoms with Crippen LogP contribution in [0.5, 0.6) is 0 Å². The molecule has 1 saturated heterocycles. The van der Waals surface area contributed by atoms with E-state index in [9.17, 15) is 0 Å². The van der Waals surface area contributed by atoms with Gasteiger partial charge in [0, 0.05) is 18.6 Å². The van der Waals surface area contributed by atoms with Crippen LogP contribution in [0.2, 0.25) is 0 Å². The lowest BCUT2D eigenvalue weighted by Crippen LogP contribution is -2.47. The molecular weight excluding hydrogens is 256 g/mol. The second-order valence-corrected chi connectivity index (χ2v) is 6.78. The number of benzene rings is 1. The van der Waals surface area contributed by atoms with Crippen LogP contribution in [0.3, 0.4) is 0 Å². The maximum atomic E-state index is 3.87. The summed E-state index contributed by atoms with van der Waals surface area (Å²) in [6.07, 6.45) is 5.03. The summed E-state index contributed by atoms with van der Waals surface area (Å²) in [5, 5.41) is 3.87. The van der Waals surface area contributed by atoms with Crippen LogP contribution in [0.1, 0.15) is 45.6 Å². The monoisotopic (exact) mass is 288 g/mol. The van der Waals surface area contributed by atoms with Gasteiger partial charge in [-0.2, -0.15) is 0 Å². The quantitative estimate of drug-likeness (QED) is 0.822. The van der Waals surface area contributed by atoms with Crippen molar-refractivity contribution in [2.24, 2.45) is 5.92 Å². The molecule has 1 N–H and O–H groups in total. The highest BCUT2D eigenvalue weighted by Crippen LogP contribution is 2.15. The molecule has 1 heterocycles. The zero-order valence-electron chi connectivity index (χ0n) is 14.0. The maximum absolute atomic E-state index is 3.87. The highest BCUT2D eigenvalue weighted by molar-refractivity contribution is 5.14. The van der Waals surface area contributed by atoms with Crippen molar-refractivity contribution in [1.29, 1.82) is 0 Å². The van der Waals surface area contributed by atoms with Gasteiger partial charge in [-0.1, -0.05) is 51.1 Å². The van der Waals surface area contributed by atoms with Crippen molar-refractivity contribution in [2.75, 3.05) is 19.6 Å². The second-order valence-electron chi connectivity index (χ2n) is 6.78. The van der Waals surface area contributed by atoms with E-state index in [2.05, 4.69) is 61.3 Å². The molecule has 1 aromatic carbocycles. The third kappa shape index (κ3) is 5.44. The molecular formula is C19H32N2. The minimum Gasteiger partial charge on any atom is -0.311 e. The van der Waals surface area contributed by atoms with Gasteiger partial charge in [0.25, 0.3) is 0 Å². The summed E-state index contributed by atoms with van der Waals surface area (Å²) in [5.41, 5.74) is 1.46. The lowest BCUT2D eigenvalue weighted by Gasteiger charge is -2.35. The Hall–Kier alpha value is -0.860. The van der Waals surface area contributed by atoms with E-state index in [0.717, 1.165) is 12.0 Å². The van der Waals surface area contributed by atoms with Crippen molar-refractivity contribution in [3.8, 4) is 0 Å². The summed E-state index contributed by atoms with van der Waals surface area (Å²) in [5.74, 6) is 0.742. The summed E-state index contributed by atoms with van der Waals surface area (Å²) < 4.78 is 0. The Bertz CT molecular complexity index is 380. The zero-order valence-corrected chi connectivity index (χ0v) is 14.0. The Morgan fingerprint density at radius 2 is 1.81 bits per heavy atom. The number of nitrogens with one attached hydrogen (secondary N) is 1. The third-order valence-corrected chi connectivity index (χ3v) is 4.84. The topological polar surface area (TPSA) is 15.3 Å². The minimum atomic E-state index is 0.686. The zero-order chi connectivity index (χ0) is 15.1. The van der Waals surface area contributed by atoms with Gasteiger partial charge in [0.15, 0.2) is 0 Å². The standard InChI is InChI=1S/C19H32N2/c1-4-19(16(2)3)20-18-11-14-21(15-12-18)13-10-17-8-6-5-7-9-17/h5-9,16,18-20H,4,10-15H2,1-3H3. The van der Waals surface area contributed by atoms with Crippen LogP contribution < -0.4 is 5.32 Å². The number of rotatable bonds is 7. The van der Waals surface area contributed by atoms with Gasteiger partial charge in [-0.05, 0) is 50.3 Å². The average molecular weight is 288 g/mol. The van der Waals surface area contributed by atoms with Gasteiger partial charge >= 0.3 is 0 Å². The summed E-state index contributed by atoms with van der Waals surface area (Å²) in [7, 11) is 0. The Balaban J connectivity index is 1.68. The van der Waals surface area contributed by atoms with Crippen molar-refractivity contribution in [2.45, 2.75) is 58.5 Å². The molecule has 0 radical (unpaired) electrons. The molecule has 21 heavy (non-hydrogen) atoms.